The summed E-state index contributed by atoms with van der Waals surface area (Å²) in [5.41, 5.74) is 3.07. The lowest BCUT2D eigenvalue weighted by molar-refractivity contribution is -0.151. The minimum absolute atomic E-state index is 0.265. The van der Waals surface area contributed by atoms with Crippen molar-refractivity contribution in [2.24, 2.45) is 0 Å². The molecule has 0 aromatic heterocycles. The van der Waals surface area contributed by atoms with Crippen molar-refractivity contribution >= 4 is 21.9 Å². The maximum Gasteiger partial charge on any atom is 0.348 e. The fourth-order valence-electron chi connectivity index (χ4n) is 3.98. The van der Waals surface area contributed by atoms with Gasteiger partial charge in [0.25, 0.3) is 0 Å². The quantitative estimate of drug-likeness (QED) is 0.537. The molecule has 2 atom stereocenters. The maximum atomic E-state index is 12.8. The Morgan fingerprint density at radius 2 is 1.63 bits per heavy atom. The number of benzene rings is 2. The molecular weight excluding hydrogens is 444 g/mol. The van der Waals surface area contributed by atoms with Crippen LogP contribution in [0, 0.1) is 0 Å². The van der Waals surface area contributed by atoms with Crippen molar-refractivity contribution in [2.45, 2.75) is 71.3 Å². The van der Waals surface area contributed by atoms with Crippen molar-refractivity contribution < 1.29 is 19.4 Å². The van der Waals surface area contributed by atoms with E-state index in [1.165, 1.54) is 0 Å². The zero-order chi connectivity index (χ0) is 22.4. The number of hydrogen-bond donors (Lipinski definition) is 1. The first kappa shape index (κ1) is 22.7. The van der Waals surface area contributed by atoms with Gasteiger partial charge in [-0.1, -0.05) is 69.6 Å². The number of rotatable bonds is 3. The van der Waals surface area contributed by atoms with Crippen LogP contribution in [-0.4, -0.2) is 23.8 Å². The van der Waals surface area contributed by atoms with Crippen LogP contribution in [0.2, 0.25) is 0 Å². The summed E-state index contributed by atoms with van der Waals surface area (Å²) in [6, 6.07) is 9.81. The summed E-state index contributed by atoms with van der Waals surface area (Å²) in [7, 11) is 0. The molecule has 4 nitrogen and oxygen atoms in total. The van der Waals surface area contributed by atoms with Crippen molar-refractivity contribution in [3.8, 4) is 11.5 Å². The second-order valence-electron chi connectivity index (χ2n) is 9.91. The predicted octanol–water partition coefficient (Wildman–Crippen LogP) is 6.21. The van der Waals surface area contributed by atoms with Gasteiger partial charge in [0.1, 0.15) is 11.5 Å². The number of esters is 1. The number of fused-ring (bicyclic) bond motifs is 1. The van der Waals surface area contributed by atoms with Gasteiger partial charge in [-0.3, -0.25) is 0 Å². The molecule has 30 heavy (non-hydrogen) atoms. The van der Waals surface area contributed by atoms with Gasteiger partial charge in [-0.15, -0.1) is 0 Å². The van der Waals surface area contributed by atoms with E-state index in [2.05, 4.69) is 57.5 Å². The van der Waals surface area contributed by atoms with E-state index in [4.69, 9.17) is 9.47 Å². The molecule has 162 valence electrons. The molecule has 1 heterocycles. The van der Waals surface area contributed by atoms with Gasteiger partial charge in [-0.05, 0) is 52.6 Å². The van der Waals surface area contributed by atoms with E-state index in [-0.39, 0.29) is 22.7 Å². The van der Waals surface area contributed by atoms with Gasteiger partial charge < -0.3 is 14.6 Å². The number of hydrogen-bond acceptors (Lipinski definition) is 4. The number of phenols is 1. The number of carbonyl (C=O) groups excluding carboxylic acids is 1. The van der Waals surface area contributed by atoms with Crippen LogP contribution in [0.25, 0.3) is 0 Å². The lowest BCUT2D eigenvalue weighted by atomic mass is 9.75. The van der Waals surface area contributed by atoms with Crippen LogP contribution in [0.3, 0.4) is 0 Å². The first-order valence-corrected chi connectivity index (χ1v) is 11.1. The van der Waals surface area contributed by atoms with Crippen molar-refractivity contribution in [3.63, 3.8) is 0 Å². The van der Waals surface area contributed by atoms with E-state index in [9.17, 15) is 9.90 Å². The Kier molecular flexibility index (Phi) is 5.98. The van der Waals surface area contributed by atoms with Gasteiger partial charge in [0.05, 0.1) is 12.5 Å². The highest BCUT2D eigenvalue weighted by Crippen LogP contribution is 2.48. The molecule has 0 spiro atoms. The van der Waals surface area contributed by atoms with Gasteiger partial charge in [0.2, 0.25) is 6.10 Å². The first-order chi connectivity index (χ1) is 13.8. The number of phenolic OH excluding ortho intramolecular Hbond substituents is 1. The average molecular weight is 475 g/mol. The van der Waals surface area contributed by atoms with E-state index >= 15 is 0 Å². The third-order valence-electron chi connectivity index (χ3n) is 5.49. The molecule has 2 aromatic rings. The van der Waals surface area contributed by atoms with Crippen LogP contribution in [0.4, 0.5) is 0 Å². The highest BCUT2D eigenvalue weighted by molar-refractivity contribution is 9.10. The van der Waals surface area contributed by atoms with E-state index in [0.717, 1.165) is 26.7 Å². The van der Waals surface area contributed by atoms with Crippen LogP contribution in [-0.2, 0) is 20.4 Å². The summed E-state index contributed by atoms with van der Waals surface area (Å²) >= 11 is 3.54. The summed E-state index contributed by atoms with van der Waals surface area (Å²) in [6.45, 7) is 14.6. The number of ether oxygens (including phenoxy) is 2. The van der Waals surface area contributed by atoms with Crippen LogP contribution < -0.4 is 4.74 Å². The van der Waals surface area contributed by atoms with Crippen molar-refractivity contribution in [1.29, 1.82) is 0 Å². The first-order valence-electron chi connectivity index (χ1n) is 10.3. The second-order valence-corrected chi connectivity index (χ2v) is 10.8. The molecule has 5 heteroatoms. The molecule has 0 radical (unpaired) electrons. The molecule has 1 N–H and O–H groups in total. The van der Waals surface area contributed by atoms with E-state index in [1.54, 1.807) is 6.92 Å². The molecule has 0 saturated carbocycles. The Balaban J connectivity index is 2.27. The molecule has 0 amide bonds. The zero-order valence-electron chi connectivity index (χ0n) is 18.8. The average Bonchev–Trinajstić information content (AvgIpc) is 2.99. The maximum absolute atomic E-state index is 12.8. The van der Waals surface area contributed by atoms with Gasteiger partial charge >= 0.3 is 5.97 Å². The third-order valence-corrected chi connectivity index (χ3v) is 5.98. The molecule has 1 aliphatic rings. The van der Waals surface area contributed by atoms with Gasteiger partial charge in [0.15, 0.2) is 0 Å². The van der Waals surface area contributed by atoms with Gasteiger partial charge in [-0.2, -0.15) is 0 Å². The third kappa shape index (κ3) is 4.22. The predicted molar refractivity (Wildman–Crippen MR) is 123 cm³/mol. The number of carbonyl (C=O) groups is 1. The van der Waals surface area contributed by atoms with Crippen molar-refractivity contribution in [1.82, 2.24) is 0 Å². The fourth-order valence-corrected chi connectivity index (χ4v) is 4.36. The van der Waals surface area contributed by atoms with Crippen LogP contribution >= 0.6 is 15.9 Å². The lowest BCUT2D eigenvalue weighted by Gasteiger charge is -2.30. The molecule has 2 aromatic carbocycles. The molecule has 0 fully saturated rings. The van der Waals surface area contributed by atoms with Gasteiger partial charge in [-0.25, -0.2) is 4.79 Å². The van der Waals surface area contributed by atoms with Crippen molar-refractivity contribution in [2.75, 3.05) is 6.61 Å². The number of aromatic hydroxyl groups is 1. The Hall–Kier alpha value is -2.01. The molecular formula is C25H31BrO4. The zero-order valence-corrected chi connectivity index (χ0v) is 20.4. The lowest BCUT2D eigenvalue weighted by Crippen LogP contribution is -2.32. The monoisotopic (exact) mass is 474 g/mol. The van der Waals surface area contributed by atoms with E-state index in [0.29, 0.717) is 18.1 Å². The Labute approximate surface area is 187 Å². The van der Waals surface area contributed by atoms with E-state index in [1.807, 2.05) is 30.3 Å². The smallest absolute Gasteiger partial charge is 0.348 e. The molecule has 0 saturated heterocycles. The summed E-state index contributed by atoms with van der Waals surface area (Å²) < 4.78 is 12.3. The SMILES string of the molecule is CCOC(=O)C1Oc2ccc(Br)cc2C1c1cc(C(C)(C)C)c(O)c(C(C)(C)C)c1. The molecule has 2 unspecified atom stereocenters. The van der Waals surface area contributed by atoms with Crippen LogP contribution in [0.15, 0.2) is 34.8 Å². The minimum Gasteiger partial charge on any atom is -0.507 e. The summed E-state index contributed by atoms with van der Waals surface area (Å²) in [5, 5.41) is 11.1. The van der Waals surface area contributed by atoms with Crippen molar-refractivity contribution in [3.05, 3.63) is 57.1 Å². The van der Waals surface area contributed by atoms with Crippen LogP contribution in [0.1, 0.15) is 76.6 Å². The Morgan fingerprint density at radius 1 is 1.07 bits per heavy atom. The molecule has 0 bridgehead atoms. The standard InChI is InChI=1S/C25H31BrO4/c1-8-29-23(28)22-20(16-13-15(26)9-10-19(16)30-22)14-11-17(24(2,3)4)21(27)18(12-14)25(5,6)7/h9-13,20,22,27H,8H2,1-7H3. The molecule has 1 aliphatic heterocycles. The van der Waals surface area contributed by atoms with Crippen LogP contribution in [0.5, 0.6) is 11.5 Å². The Bertz CT molecular complexity index is 931. The summed E-state index contributed by atoms with van der Waals surface area (Å²) in [6.07, 6.45) is -0.764. The van der Waals surface area contributed by atoms with E-state index < -0.39 is 6.10 Å². The minimum atomic E-state index is -0.764. The highest BCUT2D eigenvalue weighted by atomic mass is 79.9. The Morgan fingerprint density at radius 3 is 2.13 bits per heavy atom. The van der Waals surface area contributed by atoms with Gasteiger partial charge in [0, 0.05) is 10.0 Å². The largest absolute Gasteiger partial charge is 0.507 e. The summed E-state index contributed by atoms with van der Waals surface area (Å²) in [4.78, 5) is 12.8. The highest BCUT2D eigenvalue weighted by Gasteiger charge is 2.42. The molecule has 3 rings (SSSR count). The summed E-state index contributed by atoms with van der Waals surface area (Å²) in [5.74, 6) is 0.306. The normalized spacial score (nSPS) is 18.7. The fraction of sp³-hybridized carbons (Fsp3) is 0.480. The molecule has 0 aliphatic carbocycles. The number of halogens is 1. The second kappa shape index (κ2) is 7.92. The topological polar surface area (TPSA) is 55.8 Å².